The number of carbonyl (C=O) groups excluding carboxylic acids is 2. The van der Waals surface area contributed by atoms with E-state index in [0.29, 0.717) is 25.7 Å². The van der Waals surface area contributed by atoms with Crippen LogP contribution in [-0.4, -0.2) is 83.2 Å². The molecule has 0 aromatic carbocycles. The molecule has 0 radical (unpaired) electrons. The fourth-order valence-electron chi connectivity index (χ4n) is 3.66. The van der Waals surface area contributed by atoms with Crippen LogP contribution in [0.4, 0.5) is 0 Å². The largest absolute Gasteiger partial charge is 0.469 e. The molecule has 1 heterocycles. The highest BCUT2D eigenvalue weighted by Crippen LogP contribution is 2.34. The highest BCUT2D eigenvalue weighted by atomic mass is 16.7. The molecule has 4 N–H and O–H groups in total. The summed E-state index contributed by atoms with van der Waals surface area (Å²) in [4.78, 5) is 23.5. The first-order valence-corrected chi connectivity index (χ1v) is 9.55. The number of allylic oxidation sites excluding steroid dienone is 1. The lowest BCUT2D eigenvalue weighted by molar-refractivity contribution is -0.300. The normalized spacial score (nSPS) is 36.2. The number of Topliss-reactive ketones (excluding diaryl/α,β-unsaturated/α-hetero) is 1. The quantitative estimate of drug-likeness (QED) is 0.224. The molecule has 0 aromatic rings. The summed E-state index contributed by atoms with van der Waals surface area (Å²) in [5.74, 6) is -0.311. The fourth-order valence-corrected chi connectivity index (χ4v) is 3.66. The summed E-state index contributed by atoms with van der Waals surface area (Å²) >= 11 is 0. The molecule has 28 heavy (non-hydrogen) atoms. The van der Waals surface area contributed by atoms with E-state index in [0.717, 1.165) is 0 Å². The van der Waals surface area contributed by atoms with Crippen LogP contribution in [0, 0.1) is 11.8 Å². The Morgan fingerprint density at radius 2 is 1.96 bits per heavy atom. The number of aliphatic hydroxyl groups excluding tert-OH is 4. The van der Waals surface area contributed by atoms with E-state index in [9.17, 15) is 24.9 Å². The summed E-state index contributed by atoms with van der Waals surface area (Å²) in [6, 6.07) is 0. The van der Waals surface area contributed by atoms with Crippen LogP contribution in [0.5, 0.6) is 0 Å². The van der Waals surface area contributed by atoms with Crippen LogP contribution < -0.4 is 0 Å². The van der Waals surface area contributed by atoms with Gasteiger partial charge in [-0.2, -0.15) is 0 Å². The van der Waals surface area contributed by atoms with Crippen LogP contribution in [0.15, 0.2) is 12.2 Å². The molecule has 160 valence electrons. The third-order valence-electron chi connectivity index (χ3n) is 5.37. The lowest BCUT2D eigenvalue weighted by Gasteiger charge is -2.39. The molecule has 0 aromatic heterocycles. The number of carbonyl (C=O) groups is 2. The molecular formula is C19H30O9. The Morgan fingerprint density at radius 3 is 2.64 bits per heavy atom. The molecule has 7 atom stereocenters. The van der Waals surface area contributed by atoms with Crippen LogP contribution in [0.25, 0.3) is 0 Å². The molecule has 0 spiro atoms. The number of esters is 1. The van der Waals surface area contributed by atoms with Gasteiger partial charge in [0.15, 0.2) is 6.29 Å². The third-order valence-corrected chi connectivity index (χ3v) is 5.37. The lowest BCUT2D eigenvalue weighted by Crippen LogP contribution is -2.59. The maximum atomic E-state index is 12.0. The maximum absolute atomic E-state index is 12.0. The number of ketones is 1. The van der Waals surface area contributed by atoms with E-state index in [2.05, 4.69) is 4.74 Å². The van der Waals surface area contributed by atoms with Crippen LogP contribution in [0.1, 0.15) is 32.1 Å². The van der Waals surface area contributed by atoms with E-state index in [1.54, 1.807) is 0 Å². The number of hydrogen-bond donors (Lipinski definition) is 4. The minimum atomic E-state index is -1.47. The summed E-state index contributed by atoms with van der Waals surface area (Å²) in [5.41, 5.74) is 0. The number of ether oxygens (including phenoxy) is 3. The van der Waals surface area contributed by atoms with Gasteiger partial charge in [0.25, 0.3) is 0 Å². The van der Waals surface area contributed by atoms with Gasteiger partial charge in [-0.3, -0.25) is 9.59 Å². The molecular weight excluding hydrogens is 372 g/mol. The van der Waals surface area contributed by atoms with Crippen LogP contribution in [-0.2, 0) is 23.8 Å². The Kier molecular flexibility index (Phi) is 9.00. The monoisotopic (exact) mass is 402 g/mol. The molecule has 1 aliphatic heterocycles. The molecule has 1 aliphatic carbocycles. The summed E-state index contributed by atoms with van der Waals surface area (Å²) in [7, 11) is 1.34. The van der Waals surface area contributed by atoms with Crippen molar-refractivity contribution >= 4 is 11.8 Å². The van der Waals surface area contributed by atoms with Gasteiger partial charge < -0.3 is 34.6 Å². The number of aliphatic hydroxyl groups is 4. The lowest BCUT2D eigenvalue weighted by atomic mass is 9.89. The molecule has 2 fully saturated rings. The molecule has 9 heteroatoms. The van der Waals surface area contributed by atoms with Gasteiger partial charge in [-0.15, -0.1) is 0 Å². The molecule has 0 unspecified atom stereocenters. The van der Waals surface area contributed by atoms with Gasteiger partial charge >= 0.3 is 5.97 Å². The zero-order chi connectivity index (χ0) is 20.7. The van der Waals surface area contributed by atoms with Crippen molar-refractivity contribution in [3.8, 4) is 0 Å². The molecule has 1 saturated heterocycles. The van der Waals surface area contributed by atoms with Gasteiger partial charge in [-0.1, -0.05) is 12.2 Å². The Balaban J connectivity index is 1.73. The van der Waals surface area contributed by atoms with E-state index in [4.69, 9.17) is 14.6 Å². The van der Waals surface area contributed by atoms with E-state index < -0.39 is 37.3 Å². The molecule has 0 bridgehead atoms. The summed E-state index contributed by atoms with van der Waals surface area (Å²) in [6.45, 7) is -0.323. The van der Waals surface area contributed by atoms with Crippen molar-refractivity contribution in [2.24, 2.45) is 11.8 Å². The van der Waals surface area contributed by atoms with E-state index >= 15 is 0 Å². The first kappa shape index (κ1) is 22.9. The van der Waals surface area contributed by atoms with Gasteiger partial charge in [-0.05, 0) is 25.2 Å². The van der Waals surface area contributed by atoms with Crippen LogP contribution >= 0.6 is 0 Å². The van der Waals surface area contributed by atoms with Gasteiger partial charge in [-0.25, -0.2) is 0 Å². The number of methoxy groups -OCH3 is 1. The van der Waals surface area contributed by atoms with Crippen molar-refractivity contribution in [2.75, 3.05) is 20.3 Å². The first-order valence-electron chi connectivity index (χ1n) is 9.55. The van der Waals surface area contributed by atoms with Crippen molar-refractivity contribution in [1.82, 2.24) is 0 Å². The Bertz CT molecular complexity index is 548. The SMILES string of the molecule is COC(=O)C[C@H]1CCC(=O)[C@H]1CC=CCCO[C@@H]1O[C@H](CO)[C@@H](O)[C@H](O)[C@H]1O. The standard InChI is InChI=1S/C19H30O9/c1-26-15(22)9-11-6-7-13(21)12(11)5-3-2-4-8-27-19-18(25)17(24)16(23)14(10-20)28-19/h2-3,11-12,14,16-20,23-25H,4-10H2,1H3/t11-,12+,14-,16-,17+,18-,19-/m1/s1. The average Bonchev–Trinajstić information content (AvgIpc) is 3.03. The molecule has 2 aliphatic rings. The minimum Gasteiger partial charge on any atom is -0.469 e. The second-order valence-electron chi connectivity index (χ2n) is 7.22. The summed E-state index contributed by atoms with van der Waals surface area (Å²) in [6.07, 6.45) is -0.278. The molecule has 9 nitrogen and oxygen atoms in total. The number of hydrogen-bond acceptors (Lipinski definition) is 9. The average molecular weight is 402 g/mol. The topological polar surface area (TPSA) is 143 Å². The summed E-state index contributed by atoms with van der Waals surface area (Å²) in [5, 5.41) is 38.5. The van der Waals surface area contributed by atoms with Crippen molar-refractivity contribution < 1.29 is 44.2 Å². The highest BCUT2D eigenvalue weighted by Gasteiger charge is 2.43. The van der Waals surface area contributed by atoms with Crippen LogP contribution in [0.3, 0.4) is 0 Å². The number of rotatable bonds is 9. The maximum Gasteiger partial charge on any atom is 0.305 e. The molecule has 0 amide bonds. The van der Waals surface area contributed by atoms with Crippen molar-refractivity contribution in [1.29, 1.82) is 0 Å². The second-order valence-corrected chi connectivity index (χ2v) is 7.22. The van der Waals surface area contributed by atoms with E-state index in [-0.39, 0.29) is 36.6 Å². The zero-order valence-electron chi connectivity index (χ0n) is 16.0. The highest BCUT2D eigenvalue weighted by molar-refractivity contribution is 5.84. The van der Waals surface area contributed by atoms with E-state index in [1.807, 2.05) is 12.2 Å². The van der Waals surface area contributed by atoms with Crippen LogP contribution in [0.2, 0.25) is 0 Å². The van der Waals surface area contributed by atoms with Gasteiger partial charge in [0.2, 0.25) is 0 Å². The van der Waals surface area contributed by atoms with Gasteiger partial charge in [0.05, 0.1) is 20.3 Å². The zero-order valence-corrected chi connectivity index (χ0v) is 16.0. The smallest absolute Gasteiger partial charge is 0.305 e. The first-order chi connectivity index (χ1) is 13.4. The predicted molar refractivity (Wildman–Crippen MR) is 95.9 cm³/mol. The van der Waals surface area contributed by atoms with Crippen molar-refractivity contribution in [3.63, 3.8) is 0 Å². The minimum absolute atomic E-state index is 0.00923. The Hall–Kier alpha value is -1.36. The molecule has 1 saturated carbocycles. The fraction of sp³-hybridized carbons (Fsp3) is 0.789. The Morgan fingerprint density at radius 1 is 1.21 bits per heavy atom. The third kappa shape index (κ3) is 5.82. The second kappa shape index (κ2) is 11.0. The van der Waals surface area contributed by atoms with Gasteiger partial charge in [0.1, 0.15) is 30.2 Å². The van der Waals surface area contributed by atoms with E-state index in [1.165, 1.54) is 7.11 Å². The van der Waals surface area contributed by atoms with Gasteiger partial charge in [0, 0.05) is 18.8 Å². The predicted octanol–water partition coefficient (Wildman–Crippen LogP) is -0.702. The van der Waals surface area contributed by atoms with Crippen molar-refractivity contribution in [2.45, 2.75) is 62.8 Å². The summed E-state index contributed by atoms with van der Waals surface area (Å²) < 4.78 is 15.3. The Labute approximate surface area is 163 Å². The molecule has 2 rings (SSSR count). The van der Waals surface area contributed by atoms with Crippen molar-refractivity contribution in [3.05, 3.63) is 12.2 Å².